The van der Waals surface area contributed by atoms with Gasteiger partial charge in [-0.2, -0.15) is 0 Å². The summed E-state index contributed by atoms with van der Waals surface area (Å²) in [6.07, 6.45) is 1.87. The lowest BCUT2D eigenvalue weighted by molar-refractivity contribution is -0.118. The van der Waals surface area contributed by atoms with Crippen molar-refractivity contribution in [3.8, 4) is 6.07 Å². The number of hydrogen-bond donors (Lipinski definition) is 2. The third kappa shape index (κ3) is 2.76. The third-order valence-corrected chi connectivity index (χ3v) is 1.43. The standard InChI is InChI=1S/C7H12N4O/c1-2-3-4-9-10-11-5-7(12)8-6-11/h10H,2-3,5-6H2,1H3/p+1. The Hall–Kier alpha value is -1.28. The number of nitrogens with one attached hydrogen (secondary N) is 2. The monoisotopic (exact) mass is 169 g/mol. The summed E-state index contributed by atoms with van der Waals surface area (Å²) >= 11 is 0. The van der Waals surface area contributed by atoms with Gasteiger partial charge in [-0.05, 0) is 12.0 Å². The highest BCUT2D eigenvalue weighted by Crippen LogP contribution is 1.88. The largest absolute Gasteiger partial charge is 0.340 e. The number of unbranched alkanes of at least 4 members (excludes halogenated alkanes) is 1. The first-order valence-corrected chi connectivity index (χ1v) is 4.03. The van der Waals surface area contributed by atoms with Crippen molar-refractivity contribution in [1.29, 1.82) is 0 Å². The Kier molecular flexibility index (Phi) is 3.35. The van der Waals surface area contributed by atoms with E-state index in [1.807, 2.05) is 0 Å². The van der Waals surface area contributed by atoms with Gasteiger partial charge >= 0.3 is 6.07 Å². The fourth-order valence-corrected chi connectivity index (χ4v) is 0.813. The molecule has 1 aliphatic rings. The van der Waals surface area contributed by atoms with E-state index in [-0.39, 0.29) is 5.91 Å². The zero-order valence-corrected chi connectivity index (χ0v) is 7.13. The van der Waals surface area contributed by atoms with E-state index in [9.17, 15) is 4.79 Å². The van der Waals surface area contributed by atoms with E-state index in [0.717, 1.165) is 12.8 Å². The highest BCUT2D eigenvalue weighted by atomic mass is 16.2. The number of hydrazine groups is 1. The Labute approximate surface area is 71.5 Å². The minimum atomic E-state index is 0.0215. The second kappa shape index (κ2) is 4.57. The van der Waals surface area contributed by atoms with Gasteiger partial charge in [0, 0.05) is 0 Å². The Morgan fingerprint density at radius 1 is 1.83 bits per heavy atom. The molecule has 0 aromatic rings. The van der Waals surface area contributed by atoms with Gasteiger partial charge in [0.05, 0.1) is 18.0 Å². The molecule has 0 atom stereocenters. The summed E-state index contributed by atoms with van der Waals surface area (Å²) in [6, 6.07) is 2.81. The number of hydrogen-bond acceptors (Lipinski definition) is 3. The van der Waals surface area contributed by atoms with E-state index in [1.165, 1.54) is 0 Å². The van der Waals surface area contributed by atoms with Crippen molar-refractivity contribution in [3.05, 3.63) is 4.95 Å². The lowest BCUT2D eigenvalue weighted by atomic mass is 10.4. The maximum absolute atomic E-state index is 10.7. The van der Waals surface area contributed by atoms with Crippen LogP contribution in [0.5, 0.6) is 0 Å². The Morgan fingerprint density at radius 3 is 3.25 bits per heavy atom. The van der Waals surface area contributed by atoms with Crippen LogP contribution in [0.1, 0.15) is 19.8 Å². The summed E-state index contributed by atoms with van der Waals surface area (Å²) in [5.74, 6) is 0.0215. The van der Waals surface area contributed by atoms with Crippen LogP contribution in [-0.2, 0) is 4.79 Å². The van der Waals surface area contributed by atoms with Crippen molar-refractivity contribution in [1.82, 2.24) is 15.9 Å². The molecule has 1 aliphatic heterocycles. The van der Waals surface area contributed by atoms with Gasteiger partial charge in [0.25, 0.3) is 0 Å². The van der Waals surface area contributed by atoms with Crippen molar-refractivity contribution in [2.45, 2.75) is 19.8 Å². The van der Waals surface area contributed by atoms with Crippen LogP contribution in [0.3, 0.4) is 0 Å². The number of rotatable bonds is 2. The molecule has 1 heterocycles. The van der Waals surface area contributed by atoms with Crippen LogP contribution in [0, 0.1) is 6.07 Å². The first-order chi connectivity index (χ1) is 5.83. The topological polar surface area (TPSA) is 48.7 Å². The molecule has 0 radical (unpaired) electrons. The molecule has 0 aromatic heterocycles. The highest BCUT2D eigenvalue weighted by Gasteiger charge is 2.20. The van der Waals surface area contributed by atoms with Gasteiger partial charge in [0.1, 0.15) is 6.54 Å². The van der Waals surface area contributed by atoms with Gasteiger partial charge in [-0.1, -0.05) is 6.92 Å². The van der Waals surface area contributed by atoms with Crippen molar-refractivity contribution < 1.29 is 4.79 Å². The van der Waals surface area contributed by atoms with Crippen molar-refractivity contribution in [2.24, 2.45) is 0 Å². The molecule has 1 amide bonds. The molecule has 0 spiro atoms. The maximum atomic E-state index is 10.7. The second-order valence-corrected chi connectivity index (χ2v) is 2.58. The van der Waals surface area contributed by atoms with Crippen molar-refractivity contribution in [2.75, 3.05) is 13.2 Å². The molecule has 1 fully saturated rings. The van der Waals surface area contributed by atoms with Crippen LogP contribution in [0.15, 0.2) is 0 Å². The molecule has 12 heavy (non-hydrogen) atoms. The Bertz CT molecular complexity index is 217. The van der Waals surface area contributed by atoms with Crippen LogP contribution >= 0.6 is 0 Å². The van der Waals surface area contributed by atoms with Gasteiger partial charge in [-0.25, -0.2) is 0 Å². The van der Waals surface area contributed by atoms with E-state index >= 15 is 0 Å². The molecule has 0 aromatic carbocycles. The molecular weight excluding hydrogens is 156 g/mol. The predicted octanol–water partition coefficient (Wildman–Crippen LogP) is -0.0717. The minimum absolute atomic E-state index is 0.0215. The summed E-state index contributed by atoms with van der Waals surface area (Å²) in [4.78, 5) is 14.5. The predicted molar refractivity (Wildman–Crippen MR) is 45.0 cm³/mol. The first kappa shape index (κ1) is 8.81. The molecule has 66 valence electrons. The minimum Gasteiger partial charge on any atom is -0.340 e. The number of amides is 1. The fraction of sp³-hybridized carbons (Fsp3) is 0.714. The summed E-state index contributed by atoms with van der Waals surface area (Å²) in [5.41, 5.74) is 2.71. The summed E-state index contributed by atoms with van der Waals surface area (Å²) in [6.45, 7) is 2.93. The molecule has 0 saturated carbocycles. The van der Waals surface area contributed by atoms with Crippen LogP contribution in [-0.4, -0.2) is 24.1 Å². The number of carbonyl (C=O) groups is 1. The zero-order valence-electron chi connectivity index (χ0n) is 7.13. The quantitative estimate of drug-likeness (QED) is 0.569. The summed E-state index contributed by atoms with van der Waals surface area (Å²) < 4.78 is 0. The summed E-state index contributed by atoms with van der Waals surface area (Å²) in [7, 11) is 0. The third-order valence-electron chi connectivity index (χ3n) is 1.43. The first-order valence-electron chi connectivity index (χ1n) is 4.03. The maximum Gasteiger partial charge on any atom is 0.320 e. The molecule has 5 nitrogen and oxygen atoms in total. The van der Waals surface area contributed by atoms with E-state index < -0.39 is 0 Å². The Balaban J connectivity index is 2.16. The van der Waals surface area contributed by atoms with E-state index in [4.69, 9.17) is 0 Å². The van der Waals surface area contributed by atoms with Gasteiger partial charge in [-0.3, -0.25) is 4.79 Å². The lowest BCUT2D eigenvalue weighted by Crippen LogP contribution is -2.31. The smallest absolute Gasteiger partial charge is 0.320 e. The van der Waals surface area contributed by atoms with E-state index in [0.29, 0.717) is 13.2 Å². The van der Waals surface area contributed by atoms with Crippen LogP contribution in [0.25, 0.3) is 4.95 Å². The zero-order chi connectivity index (χ0) is 8.81. The highest BCUT2D eigenvalue weighted by molar-refractivity contribution is 5.79. The average molecular weight is 169 g/mol. The molecule has 1 saturated heterocycles. The second-order valence-electron chi connectivity index (χ2n) is 2.58. The molecule has 1 rings (SSSR count). The van der Waals surface area contributed by atoms with E-state index in [1.54, 1.807) is 5.01 Å². The van der Waals surface area contributed by atoms with Gasteiger partial charge < -0.3 is 5.32 Å². The van der Waals surface area contributed by atoms with Gasteiger partial charge in [-0.15, -0.1) is 5.01 Å². The normalized spacial score (nSPS) is 16.6. The van der Waals surface area contributed by atoms with Gasteiger partial charge in [0.15, 0.2) is 0 Å². The summed E-state index contributed by atoms with van der Waals surface area (Å²) in [5, 5.41) is 4.33. The van der Waals surface area contributed by atoms with E-state index in [2.05, 4.69) is 28.8 Å². The molecule has 0 aliphatic carbocycles. The van der Waals surface area contributed by atoms with Gasteiger partial charge in [0.2, 0.25) is 5.91 Å². The lowest BCUT2D eigenvalue weighted by Gasteiger charge is -1.98. The van der Waals surface area contributed by atoms with Crippen LogP contribution in [0.2, 0.25) is 0 Å². The molecular formula is C7H13N4O+. The molecule has 0 unspecified atom stereocenters. The fourth-order valence-electron chi connectivity index (χ4n) is 0.813. The van der Waals surface area contributed by atoms with Crippen LogP contribution in [0.4, 0.5) is 0 Å². The average Bonchev–Trinajstić information content (AvgIpc) is 2.45. The Morgan fingerprint density at radius 2 is 2.67 bits per heavy atom. The number of nitrogens with zero attached hydrogens (tertiary/aromatic N) is 2. The van der Waals surface area contributed by atoms with Crippen LogP contribution < -0.4 is 10.9 Å². The van der Waals surface area contributed by atoms with Crippen molar-refractivity contribution >= 4 is 5.91 Å². The molecule has 5 heteroatoms. The SMILES string of the molecule is CCCC#[N+]NN1CNC(=O)C1. The molecule has 0 bridgehead atoms. The molecule has 2 N–H and O–H groups in total. The van der Waals surface area contributed by atoms with Crippen molar-refractivity contribution in [3.63, 3.8) is 0 Å². The number of carbonyl (C=O) groups excluding carboxylic acids is 1.